The standard InChI is InChI=1S/C6H10F2S2/c1-4(10-9)5-2-6(7,8)3-5/h4-5,9H,2-3H2,1H3. The van der Waals surface area contributed by atoms with Gasteiger partial charge in [0.25, 0.3) is 0 Å². The van der Waals surface area contributed by atoms with Gasteiger partial charge in [0.1, 0.15) is 0 Å². The zero-order valence-corrected chi connectivity index (χ0v) is 7.39. The van der Waals surface area contributed by atoms with Gasteiger partial charge in [0.15, 0.2) is 0 Å². The van der Waals surface area contributed by atoms with E-state index in [2.05, 4.69) is 11.7 Å². The van der Waals surface area contributed by atoms with Crippen molar-refractivity contribution in [1.82, 2.24) is 0 Å². The van der Waals surface area contributed by atoms with Crippen molar-refractivity contribution in [2.75, 3.05) is 0 Å². The van der Waals surface area contributed by atoms with Crippen molar-refractivity contribution in [3.05, 3.63) is 0 Å². The summed E-state index contributed by atoms with van der Waals surface area (Å²) in [4.78, 5) is 0. The molecule has 0 spiro atoms. The molecule has 60 valence electrons. The summed E-state index contributed by atoms with van der Waals surface area (Å²) in [5.41, 5.74) is 0. The fourth-order valence-corrected chi connectivity index (χ4v) is 2.01. The second-order valence-corrected chi connectivity index (χ2v) is 4.42. The molecule has 1 atom stereocenters. The highest BCUT2D eigenvalue weighted by molar-refractivity contribution is 8.68. The van der Waals surface area contributed by atoms with E-state index in [4.69, 9.17) is 0 Å². The molecular weight excluding hydrogens is 174 g/mol. The summed E-state index contributed by atoms with van der Waals surface area (Å²) in [6, 6.07) is 0. The van der Waals surface area contributed by atoms with Gasteiger partial charge in [-0.05, 0) is 5.92 Å². The highest BCUT2D eigenvalue weighted by atomic mass is 33.1. The van der Waals surface area contributed by atoms with Crippen LogP contribution in [0.4, 0.5) is 8.78 Å². The number of hydrogen-bond acceptors (Lipinski definition) is 2. The van der Waals surface area contributed by atoms with Crippen LogP contribution in [0, 0.1) is 5.92 Å². The van der Waals surface area contributed by atoms with Crippen molar-refractivity contribution < 1.29 is 8.78 Å². The van der Waals surface area contributed by atoms with Gasteiger partial charge in [0.2, 0.25) is 5.92 Å². The quantitative estimate of drug-likeness (QED) is 0.508. The third-order valence-electron chi connectivity index (χ3n) is 1.95. The highest BCUT2D eigenvalue weighted by Gasteiger charge is 2.47. The summed E-state index contributed by atoms with van der Waals surface area (Å²) in [5, 5.41) is 0.267. The molecule has 1 aliphatic rings. The molecule has 0 aromatic rings. The van der Waals surface area contributed by atoms with Gasteiger partial charge in [-0.2, -0.15) is 0 Å². The van der Waals surface area contributed by atoms with E-state index < -0.39 is 5.92 Å². The SMILES string of the molecule is CC(SS)C1CC(F)(F)C1. The van der Waals surface area contributed by atoms with E-state index in [1.807, 2.05) is 6.92 Å². The number of rotatable bonds is 2. The van der Waals surface area contributed by atoms with E-state index in [-0.39, 0.29) is 24.0 Å². The topological polar surface area (TPSA) is 0 Å². The Morgan fingerprint density at radius 1 is 1.60 bits per heavy atom. The van der Waals surface area contributed by atoms with Crippen molar-refractivity contribution in [3.8, 4) is 0 Å². The minimum Gasteiger partial charge on any atom is -0.207 e. The molecule has 1 saturated carbocycles. The van der Waals surface area contributed by atoms with Crippen LogP contribution < -0.4 is 0 Å². The summed E-state index contributed by atoms with van der Waals surface area (Å²) < 4.78 is 24.5. The van der Waals surface area contributed by atoms with Crippen LogP contribution in [0.2, 0.25) is 0 Å². The molecule has 1 aliphatic carbocycles. The van der Waals surface area contributed by atoms with Crippen molar-refractivity contribution in [1.29, 1.82) is 0 Å². The van der Waals surface area contributed by atoms with Crippen molar-refractivity contribution in [3.63, 3.8) is 0 Å². The van der Waals surface area contributed by atoms with Gasteiger partial charge >= 0.3 is 0 Å². The Hall–Kier alpha value is 0.560. The zero-order valence-electron chi connectivity index (χ0n) is 5.68. The van der Waals surface area contributed by atoms with Crippen LogP contribution in [0.5, 0.6) is 0 Å². The number of alkyl halides is 2. The second kappa shape index (κ2) is 2.89. The van der Waals surface area contributed by atoms with Gasteiger partial charge in [-0.3, -0.25) is 0 Å². The lowest BCUT2D eigenvalue weighted by molar-refractivity contribution is -0.109. The smallest absolute Gasteiger partial charge is 0.207 e. The molecule has 0 radical (unpaired) electrons. The van der Waals surface area contributed by atoms with Crippen molar-refractivity contribution in [2.45, 2.75) is 30.9 Å². The summed E-state index contributed by atoms with van der Waals surface area (Å²) in [6.07, 6.45) is 0.115. The lowest BCUT2D eigenvalue weighted by atomic mass is 9.79. The summed E-state index contributed by atoms with van der Waals surface area (Å²) in [7, 11) is 1.37. The Bertz CT molecular complexity index is 119. The van der Waals surface area contributed by atoms with E-state index in [0.717, 1.165) is 0 Å². The molecule has 0 N–H and O–H groups in total. The maximum absolute atomic E-state index is 12.3. The number of thiol groups is 1. The zero-order chi connectivity index (χ0) is 7.78. The molecule has 0 aromatic heterocycles. The van der Waals surface area contributed by atoms with Gasteiger partial charge in [-0.1, -0.05) is 17.7 Å². The summed E-state index contributed by atoms with van der Waals surface area (Å²) in [6.45, 7) is 1.94. The first-order chi connectivity index (χ1) is 4.55. The molecule has 1 fully saturated rings. The van der Waals surface area contributed by atoms with Crippen LogP contribution in [-0.4, -0.2) is 11.2 Å². The summed E-state index contributed by atoms with van der Waals surface area (Å²) >= 11 is 3.97. The van der Waals surface area contributed by atoms with Gasteiger partial charge in [-0.25, -0.2) is 8.78 Å². The Morgan fingerprint density at radius 2 is 2.10 bits per heavy atom. The third-order valence-corrected chi connectivity index (χ3v) is 3.67. The Labute approximate surface area is 68.6 Å². The Balaban J connectivity index is 2.26. The lowest BCUT2D eigenvalue weighted by Crippen LogP contribution is -2.39. The first kappa shape index (κ1) is 8.65. The molecule has 0 saturated heterocycles. The van der Waals surface area contributed by atoms with Crippen LogP contribution in [0.15, 0.2) is 0 Å². The number of halogens is 2. The minimum atomic E-state index is -2.37. The molecule has 10 heavy (non-hydrogen) atoms. The average Bonchev–Trinajstić information content (AvgIpc) is 1.81. The van der Waals surface area contributed by atoms with E-state index in [1.54, 1.807) is 0 Å². The first-order valence-electron chi connectivity index (χ1n) is 3.23. The molecule has 0 aromatic carbocycles. The average molecular weight is 184 g/mol. The predicted molar refractivity (Wildman–Crippen MR) is 43.7 cm³/mol. The Morgan fingerprint density at radius 3 is 2.40 bits per heavy atom. The van der Waals surface area contributed by atoms with Crippen LogP contribution >= 0.6 is 22.5 Å². The molecule has 0 bridgehead atoms. The van der Waals surface area contributed by atoms with E-state index in [9.17, 15) is 8.78 Å². The van der Waals surface area contributed by atoms with Crippen molar-refractivity contribution >= 4 is 22.5 Å². The molecule has 0 amide bonds. The molecule has 0 aliphatic heterocycles. The third kappa shape index (κ3) is 1.78. The van der Waals surface area contributed by atoms with Gasteiger partial charge in [0, 0.05) is 18.1 Å². The monoisotopic (exact) mass is 184 g/mol. The van der Waals surface area contributed by atoms with E-state index in [0.29, 0.717) is 0 Å². The molecule has 0 nitrogen and oxygen atoms in total. The second-order valence-electron chi connectivity index (χ2n) is 2.83. The van der Waals surface area contributed by atoms with E-state index in [1.165, 1.54) is 10.8 Å². The lowest BCUT2D eigenvalue weighted by Gasteiger charge is -2.37. The van der Waals surface area contributed by atoms with Crippen LogP contribution in [0.25, 0.3) is 0 Å². The normalized spacial score (nSPS) is 27.6. The molecular formula is C6H10F2S2. The maximum Gasteiger partial charge on any atom is 0.248 e. The van der Waals surface area contributed by atoms with Crippen LogP contribution in [-0.2, 0) is 0 Å². The summed E-state index contributed by atoms with van der Waals surface area (Å²) in [5.74, 6) is -2.19. The Kier molecular flexibility index (Phi) is 2.50. The van der Waals surface area contributed by atoms with Crippen molar-refractivity contribution in [2.24, 2.45) is 5.92 Å². The molecule has 4 heteroatoms. The van der Waals surface area contributed by atoms with Gasteiger partial charge in [-0.15, -0.1) is 11.7 Å². The fourth-order valence-electron chi connectivity index (χ4n) is 1.13. The fraction of sp³-hybridized carbons (Fsp3) is 1.00. The number of hydrogen-bond donors (Lipinski definition) is 1. The molecule has 0 heterocycles. The highest BCUT2D eigenvalue weighted by Crippen LogP contribution is 2.47. The van der Waals surface area contributed by atoms with Crippen LogP contribution in [0.1, 0.15) is 19.8 Å². The predicted octanol–water partition coefficient (Wildman–Crippen LogP) is 3.00. The largest absolute Gasteiger partial charge is 0.248 e. The van der Waals surface area contributed by atoms with Crippen LogP contribution in [0.3, 0.4) is 0 Å². The van der Waals surface area contributed by atoms with Gasteiger partial charge in [0.05, 0.1) is 0 Å². The minimum absolute atomic E-state index is 0.0573. The first-order valence-corrected chi connectivity index (χ1v) is 5.16. The maximum atomic E-state index is 12.3. The van der Waals surface area contributed by atoms with E-state index >= 15 is 0 Å². The van der Waals surface area contributed by atoms with Gasteiger partial charge < -0.3 is 0 Å². The molecule has 1 rings (SSSR count). The molecule has 1 unspecified atom stereocenters.